The van der Waals surface area contributed by atoms with Gasteiger partial charge in [0.25, 0.3) is 0 Å². The molecule has 0 N–H and O–H groups in total. The molecule has 3 nitrogen and oxygen atoms in total. The van der Waals surface area contributed by atoms with Gasteiger partial charge in [0.2, 0.25) is 0 Å². The van der Waals surface area contributed by atoms with Gasteiger partial charge in [-0.05, 0) is 62.6 Å². The molecular formula is C22H28N2O. The van der Waals surface area contributed by atoms with Gasteiger partial charge in [0, 0.05) is 43.5 Å². The molecule has 1 aliphatic heterocycles. The molecule has 0 aromatic heterocycles. The molecule has 0 amide bonds. The fourth-order valence-corrected chi connectivity index (χ4v) is 3.85. The van der Waals surface area contributed by atoms with Gasteiger partial charge in [-0.3, -0.25) is 9.69 Å². The van der Waals surface area contributed by atoms with Gasteiger partial charge in [-0.2, -0.15) is 0 Å². The molecule has 1 saturated heterocycles. The summed E-state index contributed by atoms with van der Waals surface area (Å²) in [5.74, 6) is 0. The number of carbonyl (C=O) groups excluding carboxylic acids is 1. The van der Waals surface area contributed by atoms with E-state index in [0.29, 0.717) is 6.04 Å². The smallest absolute Gasteiger partial charge is 0.150 e. The van der Waals surface area contributed by atoms with Crippen LogP contribution >= 0.6 is 0 Å². The lowest BCUT2D eigenvalue weighted by atomic mass is 9.98. The van der Waals surface area contributed by atoms with Crippen LogP contribution < -0.4 is 4.90 Å². The number of piperazine rings is 1. The van der Waals surface area contributed by atoms with Crippen molar-refractivity contribution >= 4 is 12.0 Å². The second-order valence-electron chi connectivity index (χ2n) is 7.22. The fourth-order valence-electron chi connectivity index (χ4n) is 3.85. The molecule has 132 valence electrons. The normalized spacial score (nSPS) is 16.7. The second-order valence-corrected chi connectivity index (χ2v) is 7.22. The summed E-state index contributed by atoms with van der Waals surface area (Å²) < 4.78 is 0. The molecule has 1 fully saturated rings. The van der Waals surface area contributed by atoms with Crippen LogP contribution in [0.3, 0.4) is 0 Å². The highest BCUT2D eigenvalue weighted by Crippen LogP contribution is 2.27. The first kappa shape index (κ1) is 17.7. The topological polar surface area (TPSA) is 23.6 Å². The summed E-state index contributed by atoms with van der Waals surface area (Å²) in [6, 6.07) is 13.4. The van der Waals surface area contributed by atoms with E-state index < -0.39 is 0 Å². The summed E-state index contributed by atoms with van der Waals surface area (Å²) in [7, 11) is 0. The average molecular weight is 336 g/mol. The van der Waals surface area contributed by atoms with Gasteiger partial charge in [0.15, 0.2) is 0 Å². The average Bonchev–Trinajstić information content (AvgIpc) is 2.61. The van der Waals surface area contributed by atoms with E-state index in [1.165, 1.54) is 22.4 Å². The molecule has 3 rings (SSSR count). The van der Waals surface area contributed by atoms with Crippen molar-refractivity contribution in [1.29, 1.82) is 0 Å². The Morgan fingerprint density at radius 2 is 1.64 bits per heavy atom. The van der Waals surface area contributed by atoms with Crippen LogP contribution in [0.2, 0.25) is 0 Å². The van der Waals surface area contributed by atoms with Crippen LogP contribution in [0.1, 0.15) is 45.6 Å². The first-order valence-electron chi connectivity index (χ1n) is 9.11. The molecule has 1 atom stereocenters. The maximum atomic E-state index is 11.0. The summed E-state index contributed by atoms with van der Waals surface area (Å²) in [5, 5.41) is 0. The summed E-state index contributed by atoms with van der Waals surface area (Å²) in [6.45, 7) is 12.8. The van der Waals surface area contributed by atoms with Crippen LogP contribution in [0, 0.1) is 20.8 Å². The number of hydrogen-bond acceptors (Lipinski definition) is 3. The third-order valence-electron chi connectivity index (χ3n) is 5.48. The molecule has 0 bridgehead atoms. The number of anilines is 1. The van der Waals surface area contributed by atoms with Crippen molar-refractivity contribution in [2.75, 3.05) is 31.1 Å². The van der Waals surface area contributed by atoms with E-state index in [9.17, 15) is 4.79 Å². The maximum absolute atomic E-state index is 11.0. The number of nitrogens with zero attached hydrogens (tertiary/aromatic N) is 2. The molecule has 2 aromatic carbocycles. The molecule has 3 heteroatoms. The van der Waals surface area contributed by atoms with Crippen molar-refractivity contribution < 1.29 is 4.79 Å². The van der Waals surface area contributed by atoms with Crippen molar-refractivity contribution in [3.63, 3.8) is 0 Å². The summed E-state index contributed by atoms with van der Waals surface area (Å²) in [5.41, 5.74) is 7.21. The van der Waals surface area contributed by atoms with Crippen LogP contribution in [-0.2, 0) is 0 Å². The Kier molecular flexibility index (Phi) is 5.24. The molecule has 0 aliphatic carbocycles. The summed E-state index contributed by atoms with van der Waals surface area (Å²) in [6.07, 6.45) is 0.933. The van der Waals surface area contributed by atoms with Crippen LogP contribution in [-0.4, -0.2) is 37.4 Å². The lowest BCUT2D eigenvalue weighted by Gasteiger charge is -2.39. The first-order chi connectivity index (χ1) is 12.0. The lowest BCUT2D eigenvalue weighted by molar-refractivity contribution is 0.112. The van der Waals surface area contributed by atoms with E-state index in [0.717, 1.165) is 43.6 Å². The molecule has 0 radical (unpaired) electrons. The predicted octanol–water partition coefficient (Wildman–Crippen LogP) is 4.31. The Hall–Kier alpha value is -2.13. The molecule has 0 spiro atoms. The molecule has 0 saturated carbocycles. The maximum Gasteiger partial charge on any atom is 0.150 e. The Morgan fingerprint density at radius 1 is 0.920 bits per heavy atom. The predicted molar refractivity (Wildman–Crippen MR) is 105 cm³/mol. The molecule has 1 aliphatic rings. The van der Waals surface area contributed by atoms with Gasteiger partial charge in [0.1, 0.15) is 6.29 Å². The fraction of sp³-hybridized carbons (Fsp3) is 0.409. The number of aldehydes is 1. The molecule has 25 heavy (non-hydrogen) atoms. The second kappa shape index (κ2) is 7.40. The van der Waals surface area contributed by atoms with E-state index in [1.54, 1.807) is 0 Å². The minimum Gasteiger partial charge on any atom is -0.369 e. The van der Waals surface area contributed by atoms with E-state index in [1.807, 2.05) is 13.0 Å². The highest BCUT2D eigenvalue weighted by Gasteiger charge is 2.23. The number of aryl methyl sites for hydroxylation is 3. The first-order valence-corrected chi connectivity index (χ1v) is 9.11. The molecule has 1 heterocycles. The third kappa shape index (κ3) is 3.77. The SMILES string of the molecule is Cc1ccc(C(C)N2CCN(c3ccc(C=O)c(C)c3)CC2)c(C)c1. The standard InChI is InChI=1S/C22H28N2O/c1-16-5-8-22(18(3)13-16)19(4)23-9-11-24(12-10-23)21-7-6-20(15-25)17(2)14-21/h5-8,13-15,19H,9-12H2,1-4H3. The van der Waals surface area contributed by atoms with Crippen LogP contribution in [0.5, 0.6) is 0 Å². The Morgan fingerprint density at radius 3 is 2.24 bits per heavy atom. The number of benzene rings is 2. The highest BCUT2D eigenvalue weighted by molar-refractivity contribution is 5.78. The highest BCUT2D eigenvalue weighted by atomic mass is 16.1. The lowest BCUT2D eigenvalue weighted by Crippen LogP contribution is -2.47. The van der Waals surface area contributed by atoms with E-state index in [4.69, 9.17) is 0 Å². The zero-order valence-electron chi connectivity index (χ0n) is 15.7. The van der Waals surface area contributed by atoms with Crippen LogP contribution in [0.15, 0.2) is 36.4 Å². The zero-order valence-corrected chi connectivity index (χ0v) is 15.7. The van der Waals surface area contributed by atoms with Gasteiger partial charge in [-0.1, -0.05) is 23.8 Å². The summed E-state index contributed by atoms with van der Waals surface area (Å²) in [4.78, 5) is 16.0. The van der Waals surface area contributed by atoms with Gasteiger partial charge < -0.3 is 4.90 Å². The van der Waals surface area contributed by atoms with Crippen molar-refractivity contribution in [1.82, 2.24) is 4.90 Å². The van der Waals surface area contributed by atoms with Gasteiger partial charge in [-0.15, -0.1) is 0 Å². The minimum atomic E-state index is 0.446. The number of carbonyl (C=O) groups is 1. The Bertz CT molecular complexity index is 761. The van der Waals surface area contributed by atoms with E-state index in [-0.39, 0.29) is 0 Å². The summed E-state index contributed by atoms with van der Waals surface area (Å²) >= 11 is 0. The number of rotatable bonds is 4. The van der Waals surface area contributed by atoms with Crippen LogP contribution in [0.25, 0.3) is 0 Å². The van der Waals surface area contributed by atoms with Crippen molar-refractivity contribution in [3.8, 4) is 0 Å². The molecular weight excluding hydrogens is 308 g/mol. The van der Waals surface area contributed by atoms with Gasteiger partial charge in [-0.25, -0.2) is 0 Å². The van der Waals surface area contributed by atoms with Crippen LogP contribution in [0.4, 0.5) is 5.69 Å². The largest absolute Gasteiger partial charge is 0.369 e. The minimum absolute atomic E-state index is 0.446. The van der Waals surface area contributed by atoms with E-state index >= 15 is 0 Å². The Balaban J connectivity index is 1.67. The van der Waals surface area contributed by atoms with Gasteiger partial charge in [0.05, 0.1) is 0 Å². The van der Waals surface area contributed by atoms with Crippen molar-refractivity contribution in [2.24, 2.45) is 0 Å². The zero-order chi connectivity index (χ0) is 18.0. The van der Waals surface area contributed by atoms with Crippen molar-refractivity contribution in [2.45, 2.75) is 33.7 Å². The molecule has 1 unspecified atom stereocenters. The molecule has 2 aromatic rings. The Labute approximate surface area is 151 Å². The monoisotopic (exact) mass is 336 g/mol. The van der Waals surface area contributed by atoms with E-state index in [2.05, 4.69) is 60.9 Å². The quantitative estimate of drug-likeness (QED) is 0.778. The number of hydrogen-bond donors (Lipinski definition) is 0. The third-order valence-corrected chi connectivity index (χ3v) is 5.48. The van der Waals surface area contributed by atoms with Gasteiger partial charge >= 0.3 is 0 Å². The van der Waals surface area contributed by atoms with Crippen molar-refractivity contribution in [3.05, 3.63) is 64.2 Å².